The van der Waals surface area contributed by atoms with Crippen LogP contribution in [0.2, 0.25) is 5.02 Å². The third-order valence-corrected chi connectivity index (χ3v) is 4.02. The van der Waals surface area contributed by atoms with Gasteiger partial charge in [-0.2, -0.15) is 23.3 Å². The minimum atomic E-state index is -4.45. The second kappa shape index (κ2) is 6.92. The largest absolute Gasteiger partial charge is 0.416 e. The zero-order valence-corrected chi connectivity index (χ0v) is 14.3. The van der Waals surface area contributed by atoms with Crippen molar-refractivity contribution in [2.75, 3.05) is 5.01 Å². The van der Waals surface area contributed by atoms with Crippen molar-refractivity contribution in [2.24, 2.45) is 16.0 Å². The second-order valence-electron chi connectivity index (χ2n) is 5.68. The van der Waals surface area contributed by atoms with Gasteiger partial charge in [-0.3, -0.25) is 9.79 Å². The lowest BCUT2D eigenvalue weighted by Crippen LogP contribution is -2.27. The summed E-state index contributed by atoms with van der Waals surface area (Å²) in [6.45, 7) is 1.66. The van der Waals surface area contributed by atoms with Gasteiger partial charge in [-0.1, -0.05) is 23.7 Å². The van der Waals surface area contributed by atoms with Crippen molar-refractivity contribution >= 4 is 40.8 Å². The number of hydrazone groups is 1. The highest BCUT2D eigenvalue weighted by Gasteiger charge is 2.33. The fraction of sp³-hybridized carbons (Fsp3) is 0.167. The van der Waals surface area contributed by atoms with Crippen LogP contribution in [0, 0.1) is 5.92 Å². The summed E-state index contributed by atoms with van der Waals surface area (Å²) in [6, 6.07) is 11.3. The number of carbonyl (C=O) groups excluding carboxylic acids is 1. The Hall–Kier alpha value is -2.67. The number of hydrogen-bond donors (Lipinski definition) is 0. The first-order valence-corrected chi connectivity index (χ1v) is 7.99. The number of aliphatic imine (C=N–C) groups is 1. The zero-order valence-electron chi connectivity index (χ0n) is 13.5. The van der Waals surface area contributed by atoms with E-state index in [1.54, 1.807) is 31.2 Å². The van der Waals surface area contributed by atoms with Gasteiger partial charge in [-0.15, -0.1) is 0 Å². The van der Waals surface area contributed by atoms with E-state index in [2.05, 4.69) is 10.1 Å². The average Bonchev–Trinajstić information content (AvgIpc) is 2.87. The molecular weight excluding hydrogens is 367 g/mol. The van der Waals surface area contributed by atoms with Crippen LogP contribution in [0.15, 0.2) is 58.6 Å². The topological polar surface area (TPSA) is 45.0 Å². The van der Waals surface area contributed by atoms with Crippen molar-refractivity contribution in [2.45, 2.75) is 13.1 Å². The number of rotatable bonds is 3. The van der Waals surface area contributed by atoms with Gasteiger partial charge in [0.1, 0.15) is 5.92 Å². The van der Waals surface area contributed by atoms with Gasteiger partial charge in [0.15, 0.2) is 0 Å². The van der Waals surface area contributed by atoms with Crippen molar-refractivity contribution in [1.29, 1.82) is 0 Å². The molecule has 1 unspecified atom stereocenters. The van der Waals surface area contributed by atoms with Crippen LogP contribution >= 0.6 is 11.6 Å². The van der Waals surface area contributed by atoms with Crippen molar-refractivity contribution in [3.8, 4) is 0 Å². The summed E-state index contributed by atoms with van der Waals surface area (Å²) in [6.07, 6.45) is -3.14. The molecule has 1 amide bonds. The van der Waals surface area contributed by atoms with Crippen LogP contribution in [0.3, 0.4) is 0 Å². The predicted octanol–water partition coefficient (Wildman–Crippen LogP) is 5.10. The highest BCUT2D eigenvalue weighted by atomic mass is 35.5. The predicted molar refractivity (Wildman–Crippen MR) is 95.1 cm³/mol. The maximum absolute atomic E-state index is 12.8. The van der Waals surface area contributed by atoms with Gasteiger partial charge in [0, 0.05) is 11.2 Å². The summed E-state index contributed by atoms with van der Waals surface area (Å²) in [5.74, 6) is -1.09. The molecule has 1 heterocycles. The number of hydrogen-bond acceptors (Lipinski definition) is 3. The highest BCUT2D eigenvalue weighted by molar-refractivity contribution is 6.31. The first-order chi connectivity index (χ1) is 12.3. The van der Waals surface area contributed by atoms with Crippen LogP contribution < -0.4 is 5.01 Å². The van der Waals surface area contributed by atoms with E-state index >= 15 is 0 Å². The van der Waals surface area contributed by atoms with Crippen LogP contribution in [-0.4, -0.2) is 17.8 Å². The van der Waals surface area contributed by atoms with Gasteiger partial charge in [-0.05, 0) is 43.3 Å². The number of benzene rings is 2. The van der Waals surface area contributed by atoms with E-state index in [0.717, 1.165) is 12.1 Å². The van der Waals surface area contributed by atoms with Crippen LogP contribution in [-0.2, 0) is 11.0 Å². The third-order valence-electron chi connectivity index (χ3n) is 3.78. The molecule has 1 aliphatic rings. The van der Waals surface area contributed by atoms with Gasteiger partial charge >= 0.3 is 6.18 Å². The Morgan fingerprint density at radius 3 is 2.62 bits per heavy atom. The molecule has 0 bridgehead atoms. The molecule has 134 valence electrons. The van der Waals surface area contributed by atoms with E-state index in [9.17, 15) is 18.0 Å². The maximum atomic E-state index is 12.8. The van der Waals surface area contributed by atoms with Crippen LogP contribution in [0.4, 0.5) is 24.5 Å². The van der Waals surface area contributed by atoms with Crippen molar-refractivity contribution in [3.05, 3.63) is 59.1 Å². The molecule has 1 aliphatic heterocycles. The molecule has 0 saturated carbocycles. The summed E-state index contributed by atoms with van der Waals surface area (Å²) >= 11 is 5.93. The quantitative estimate of drug-likeness (QED) is 0.684. The standard InChI is InChI=1S/C18H13ClF3N3O/c1-11-16(10-23-14-6-2-4-12(8-14)18(20,21)22)17(26)25(24-11)15-7-3-5-13(19)9-15/h2-10,16H,1H3. The third kappa shape index (κ3) is 3.77. The Labute approximate surface area is 152 Å². The van der Waals surface area contributed by atoms with E-state index in [1.807, 2.05) is 0 Å². The monoisotopic (exact) mass is 379 g/mol. The van der Waals surface area contributed by atoms with Crippen LogP contribution in [0.5, 0.6) is 0 Å². The summed E-state index contributed by atoms with van der Waals surface area (Å²) < 4.78 is 38.3. The highest BCUT2D eigenvalue weighted by Crippen LogP contribution is 2.31. The molecule has 1 atom stereocenters. The molecule has 4 nitrogen and oxygen atoms in total. The normalized spacial score (nSPS) is 17.9. The Kier molecular flexibility index (Phi) is 4.82. The first-order valence-electron chi connectivity index (χ1n) is 7.62. The fourth-order valence-electron chi connectivity index (χ4n) is 2.47. The molecule has 0 spiro atoms. The lowest BCUT2D eigenvalue weighted by atomic mass is 10.1. The number of anilines is 1. The summed E-state index contributed by atoms with van der Waals surface area (Å²) in [5, 5.41) is 5.88. The Morgan fingerprint density at radius 2 is 1.92 bits per heavy atom. The molecule has 2 aromatic rings. The van der Waals surface area contributed by atoms with Gasteiger partial charge in [0.05, 0.1) is 22.6 Å². The molecule has 0 saturated heterocycles. The molecule has 0 aliphatic carbocycles. The molecule has 0 N–H and O–H groups in total. The fourth-order valence-corrected chi connectivity index (χ4v) is 2.65. The lowest BCUT2D eigenvalue weighted by Gasteiger charge is -2.13. The molecule has 26 heavy (non-hydrogen) atoms. The van der Waals surface area contributed by atoms with Crippen molar-refractivity contribution in [1.82, 2.24) is 0 Å². The molecular formula is C18H13ClF3N3O. The van der Waals surface area contributed by atoms with Gasteiger partial charge in [-0.25, -0.2) is 0 Å². The maximum Gasteiger partial charge on any atom is 0.416 e. The number of alkyl halides is 3. The van der Waals surface area contributed by atoms with E-state index in [4.69, 9.17) is 11.6 Å². The molecule has 0 radical (unpaired) electrons. The summed E-state index contributed by atoms with van der Waals surface area (Å²) in [7, 11) is 0. The Morgan fingerprint density at radius 1 is 1.19 bits per heavy atom. The molecule has 3 rings (SSSR count). The minimum Gasteiger partial charge on any atom is -0.271 e. The van der Waals surface area contributed by atoms with Crippen molar-refractivity contribution < 1.29 is 18.0 Å². The summed E-state index contributed by atoms with van der Waals surface area (Å²) in [4.78, 5) is 16.6. The number of halogens is 4. The van der Waals surface area contributed by atoms with Crippen LogP contribution in [0.1, 0.15) is 12.5 Å². The first kappa shape index (κ1) is 18.1. The van der Waals surface area contributed by atoms with Crippen LogP contribution in [0.25, 0.3) is 0 Å². The zero-order chi connectivity index (χ0) is 18.9. The van der Waals surface area contributed by atoms with E-state index in [0.29, 0.717) is 16.4 Å². The second-order valence-corrected chi connectivity index (χ2v) is 6.11. The van der Waals surface area contributed by atoms with E-state index in [-0.39, 0.29) is 11.6 Å². The van der Waals surface area contributed by atoms with Gasteiger partial charge in [0.2, 0.25) is 0 Å². The number of carbonyl (C=O) groups is 1. The van der Waals surface area contributed by atoms with E-state index in [1.165, 1.54) is 23.4 Å². The molecule has 8 heteroatoms. The number of amides is 1. The molecule has 0 fully saturated rings. The van der Waals surface area contributed by atoms with E-state index < -0.39 is 17.7 Å². The van der Waals surface area contributed by atoms with Crippen molar-refractivity contribution in [3.63, 3.8) is 0 Å². The lowest BCUT2D eigenvalue weighted by molar-refractivity contribution is -0.137. The van der Waals surface area contributed by atoms with Gasteiger partial charge < -0.3 is 0 Å². The SMILES string of the molecule is CC1=NN(c2cccc(Cl)c2)C(=O)C1C=Nc1cccc(C(F)(F)F)c1. The Balaban J connectivity index is 1.82. The minimum absolute atomic E-state index is 0.113. The Bertz CT molecular complexity index is 909. The molecule has 0 aromatic heterocycles. The van der Waals surface area contributed by atoms with Gasteiger partial charge in [0.25, 0.3) is 5.91 Å². The summed E-state index contributed by atoms with van der Waals surface area (Å²) in [5.41, 5.74) is 0.319. The average molecular weight is 380 g/mol. The smallest absolute Gasteiger partial charge is 0.271 e. The number of nitrogens with zero attached hydrogens (tertiary/aromatic N) is 3. The molecule has 2 aromatic carbocycles.